The van der Waals surface area contributed by atoms with E-state index < -0.39 is 0 Å². The first kappa shape index (κ1) is 15.4. The lowest BCUT2D eigenvalue weighted by atomic mass is 10.1. The van der Waals surface area contributed by atoms with Gasteiger partial charge in [-0.1, -0.05) is 23.5 Å². The smallest absolute Gasteiger partial charge is 0.297 e. The number of para-hydroxylation sites is 1. The zero-order chi connectivity index (χ0) is 16.4. The number of methoxy groups -OCH3 is 2. The molecule has 1 aromatic carbocycles. The molecule has 8 nitrogen and oxygen atoms in total. The highest BCUT2D eigenvalue weighted by molar-refractivity contribution is 7.16. The molecule has 0 aliphatic carbocycles. The number of fused-ring (bicyclic) bond motifs is 1. The van der Waals surface area contributed by atoms with E-state index in [0.29, 0.717) is 21.5 Å². The van der Waals surface area contributed by atoms with Crippen LogP contribution < -0.4 is 20.8 Å². The van der Waals surface area contributed by atoms with Crippen LogP contribution in [0.15, 0.2) is 23.0 Å². The number of rotatable bonds is 5. The average Bonchev–Trinajstić information content (AvgIpc) is 3.01. The standard InChI is InChI=1S/C14H15N5O3S/c1-21-10-5-3-4-8(12(10)22-2)6-9-13(20)19-14(17-16-9)23-11(7-15)18-19/h3-5H,6-7,15H2,1-2H3. The fraction of sp³-hybridized carbons (Fsp3) is 0.286. The van der Waals surface area contributed by atoms with Gasteiger partial charge in [0.1, 0.15) is 10.7 Å². The molecule has 120 valence electrons. The fourth-order valence-corrected chi connectivity index (χ4v) is 2.96. The van der Waals surface area contributed by atoms with Crippen molar-refractivity contribution in [1.29, 1.82) is 0 Å². The molecular weight excluding hydrogens is 318 g/mol. The van der Waals surface area contributed by atoms with E-state index in [4.69, 9.17) is 15.2 Å². The summed E-state index contributed by atoms with van der Waals surface area (Å²) in [4.78, 5) is 12.9. The number of nitrogens with zero attached hydrogens (tertiary/aromatic N) is 4. The van der Waals surface area contributed by atoms with E-state index >= 15 is 0 Å². The molecule has 0 fully saturated rings. The van der Waals surface area contributed by atoms with Crippen LogP contribution in [-0.2, 0) is 13.0 Å². The minimum absolute atomic E-state index is 0.256. The van der Waals surface area contributed by atoms with Crippen molar-refractivity contribution in [2.45, 2.75) is 13.0 Å². The fourth-order valence-electron chi connectivity index (χ4n) is 2.25. The number of hydrogen-bond donors (Lipinski definition) is 1. The predicted molar refractivity (Wildman–Crippen MR) is 85.2 cm³/mol. The first-order valence-electron chi connectivity index (χ1n) is 6.82. The molecule has 0 aliphatic rings. The van der Waals surface area contributed by atoms with Gasteiger partial charge in [-0.15, -0.1) is 10.2 Å². The van der Waals surface area contributed by atoms with Gasteiger partial charge in [-0.05, 0) is 6.07 Å². The zero-order valence-corrected chi connectivity index (χ0v) is 13.5. The van der Waals surface area contributed by atoms with Crippen LogP contribution >= 0.6 is 11.3 Å². The van der Waals surface area contributed by atoms with Crippen molar-refractivity contribution in [3.05, 3.63) is 44.8 Å². The Morgan fingerprint density at radius 2 is 2.09 bits per heavy atom. The largest absolute Gasteiger partial charge is 0.493 e. The maximum Gasteiger partial charge on any atom is 0.297 e. The van der Waals surface area contributed by atoms with Crippen LogP contribution in [0.25, 0.3) is 4.96 Å². The Kier molecular flexibility index (Phi) is 4.22. The molecule has 23 heavy (non-hydrogen) atoms. The monoisotopic (exact) mass is 333 g/mol. The summed E-state index contributed by atoms with van der Waals surface area (Å²) >= 11 is 1.25. The molecule has 0 saturated heterocycles. The highest BCUT2D eigenvalue weighted by Gasteiger charge is 2.15. The van der Waals surface area contributed by atoms with E-state index in [1.54, 1.807) is 20.3 Å². The van der Waals surface area contributed by atoms with Crippen LogP contribution in [0.2, 0.25) is 0 Å². The summed E-state index contributed by atoms with van der Waals surface area (Å²) in [6.07, 6.45) is 0.268. The molecule has 0 bridgehead atoms. The molecule has 0 saturated carbocycles. The Hall–Kier alpha value is -2.52. The van der Waals surface area contributed by atoms with Gasteiger partial charge >= 0.3 is 0 Å². The Morgan fingerprint density at radius 3 is 2.78 bits per heavy atom. The summed E-state index contributed by atoms with van der Waals surface area (Å²) in [7, 11) is 3.11. The molecule has 2 aromatic heterocycles. The highest BCUT2D eigenvalue weighted by Crippen LogP contribution is 2.31. The second-order valence-electron chi connectivity index (χ2n) is 4.68. The van der Waals surface area contributed by atoms with Crippen molar-refractivity contribution in [3.63, 3.8) is 0 Å². The highest BCUT2D eigenvalue weighted by atomic mass is 32.1. The number of benzene rings is 1. The van der Waals surface area contributed by atoms with Crippen molar-refractivity contribution >= 4 is 16.3 Å². The first-order valence-corrected chi connectivity index (χ1v) is 7.63. The number of hydrogen-bond acceptors (Lipinski definition) is 8. The normalized spacial score (nSPS) is 10.9. The van der Waals surface area contributed by atoms with E-state index in [1.807, 2.05) is 12.1 Å². The molecule has 2 N–H and O–H groups in total. The second kappa shape index (κ2) is 6.31. The molecule has 0 unspecified atom stereocenters. The Labute approximate surface area is 135 Å². The summed E-state index contributed by atoms with van der Waals surface area (Å²) < 4.78 is 11.9. The molecule has 0 radical (unpaired) electrons. The topological polar surface area (TPSA) is 105 Å². The van der Waals surface area contributed by atoms with Gasteiger partial charge in [-0.2, -0.15) is 9.61 Å². The van der Waals surface area contributed by atoms with Gasteiger partial charge in [0.15, 0.2) is 11.5 Å². The third-order valence-corrected chi connectivity index (χ3v) is 4.24. The van der Waals surface area contributed by atoms with Crippen LogP contribution in [0.1, 0.15) is 16.3 Å². The number of ether oxygens (including phenoxy) is 2. The maximum atomic E-state index is 12.5. The van der Waals surface area contributed by atoms with Gasteiger partial charge in [-0.3, -0.25) is 4.79 Å². The maximum absolute atomic E-state index is 12.5. The van der Waals surface area contributed by atoms with Crippen molar-refractivity contribution < 1.29 is 9.47 Å². The van der Waals surface area contributed by atoms with Gasteiger partial charge in [0.2, 0.25) is 4.96 Å². The van der Waals surface area contributed by atoms with Crippen LogP contribution in [-0.4, -0.2) is 34.0 Å². The van der Waals surface area contributed by atoms with Gasteiger partial charge in [0.25, 0.3) is 5.56 Å². The van der Waals surface area contributed by atoms with E-state index in [9.17, 15) is 4.79 Å². The molecule has 0 aliphatic heterocycles. The van der Waals surface area contributed by atoms with Crippen molar-refractivity contribution in [2.75, 3.05) is 14.2 Å². The predicted octanol–water partition coefficient (Wildman–Crippen LogP) is 0.613. The van der Waals surface area contributed by atoms with Gasteiger partial charge in [-0.25, -0.2) is 0 Å². The average molecular weight is 333 g/mol. The van der Waals surface area contributed by atoms with Crippen LogP contribution in [0.3, 0.4) is 0 Å². The number of nitrogens with two attached hydrogens (primary N) is 1. The van der Waals surface area contributed by atoms with E-state index in [1.165, 1.54) is 15.9 Å². The van der Waals surface area contributed by atoms with Crippen LogP contribution in [0.5, 0.6) is 11.5 Å². The molecule has 0 amide bonds. The van der Waals surface area contributed by atoms with Crippen LogP contribution in [0.4, 0.5) is 0 Å². The van der Waals surface area contributed by atoms with E-state index in [-0.39, 0.29) is 24.2 Å². The van der Waals surface area contributed by atoms with Gasteiger partial charge < -0.3 is 15.2 Å². The lowest BCUT2D eigenvalue weighted by Crippen LogP contribution is -2.22. The lowest BCUT2D eigenvalue weighted by Gasteiger charge is -2.11. The minimum Gasteiger partial charge on any atom is -0.493 e. The molecule has 0 atom stereocenters. The van der Waals surface area contributed by atoms with Gasteiger partial charge in [0, 0.05) is 18.5 Å². The third kappa shape index (κ3) is 2.76. The molecule has 0 spiro atoms. The summed E-state index contributed by atoms with van der Waals surface area (Å²) in [5.41, 5.74) is 6.30. The van der Waals surface area contributed by atoms with Crippen molar-refractivity contribution in [1.82, 2.24) is 19.8 Å². The van der Waals surface area contributed by atoms with Crippen LogP contribution in [0, 0.1) is 0 Å². The first-order chi connectivity index (χ1) is 11.2. The third-order valence-electron chi connectivity index (χ3n) is 3.31. The quantitative estimate of drug-likeness (QED) is 0.729. The summed E-state index contributed by atoms with van der Waals surface area (Å²) in [6, 6.07) is 5.47. The Balaban J connectivity index is 2.05. The van der Waals surface area contributed by atoms with E-state index in [2.05, 4.69) is 15.3 Å². The zero-order valence-electron chi connectivity index (χ0n) is 12.6. The number of aromatic nitrogens is 4. The van der Waals surface area contributed by atoms with Crippen molar-refractivity contribution in [3.8, 4) is 11.5 Å². The molecular formula is C14H15N5O3S. The van der Waals surface area contributed by atoms with E-state index in [0.717, 1.165) is 5.56 Å². The second-order valence-corrected chi connectivity index (χ2v) is 5.72. The molecule has 3 aromatic rings. The molecule has 9 heteroatoms. The summed E-state index contributed by atoms with van der Waals surface area (Å²) in [5, 5.41) is 12.9. The summed E-state index contributed by atoms with van der Waals surface area (Å²) in [5.74, 6) is 1.17. The van der Waals surface area contributed by atoms with Gasteiger partial charge in [0.05, 0.1) is 14.2 Å². The molecule has 2 heterocycles. The minimum atomic E-state index is -0.309. The Morgan fingerprint density at radius 1 is 1.26 bits per heavy atom. The SMILES string of the molecule is COc1cccc(Cc2nnc3sc(CN)nn3c2=O)c1OC. The molecule has 3 rings (SSSR count). The lowest BCUT2D eigenvalue weighted by molar-refractivity contribution is 0.352. The summed E-state index contributed by atoms with van der Waals surface area (Å²) in [6.45, 7) is 0.256. The van der Waals surface area contributed by atoms with Crippen molar-refractivity contribution in [2.24, 2.45) is 5.73 Å². The Bertz CT molecular complexity index is 905.